The highest BCUT2D eigenvalue weighted by Crippen LogP contribution is 2.38. The van der Waals surface area contributed by atoms with Crippen molar-refractivity contribution in [3.05, 3.63) is 24.3 Å². The van der Waals surface area contributed by atoms with Crippen LogP contribution in [0.5, 0.6) is 0 Å². The quantitative estimate of drug-likeness (QED) is 0.0116. The Hall–Kier alpha value is 0.0400. The number of rotatable bonds is 78. The van der Waals surface area contributed by atoms with Gasteiger partial charge in [0.25, 0.3) is 0 Å². The molecule has 8 atom stereocenters. The molecule has 0 aromatic heterocycles. The summed E-state index contributed by atoms with van der Waals surface area (Å²) in [5, 5.41) is 57.9. The van der Waals surface area contributed by atoms with E-state index >= 15 is 0 Å². The molecule has 0 aromatic rings. The van der Waals surface area contributed by atoms with E-state index in [2.05, 4.69) is 77.8 Å². The van der Waals surface area contributed by atoms with Gasteiger partial charge in [-0.3, -0.25) is 18.1 Å². The first-order chi connectivity index (χ1) is 52.4. The van der Waals surface area contributed by atoms with Gasteiger partial charge in [-0.05, 0) is 78.6 Å². The fourth-order valence-electron chi connectivity index (χ4n) is 11.6. The number of hydrogen-bond donors (Lipinski definition) is 16. The van der Waals surface area contributed by atoms with Crippen LogP contribution in [0.1, 0.15) is 387 Å². The van der Waals surface area contributed by atoms with Gasteiger partial charge in [0.15, 0.2) is 12.6 Å². The molecule has 26 nitrogen and oxygen atoms in total. The second-order valence-corrected chi connectivity index (χ2v) is 34.3. The van der Waals surface area contributed by atoms with Gasteiger partial charge in [-0.25, -0.2) is 18.3 Å². The number of allylic oxidation sites excluding steroid dienone is 3. The number of aliphatic hydroxyl groups is 6. The van der Waals surface area contributed by atoms with Gasteiger partial charge in [0.1, 0.15) is 12.2 Å². The smallest absolute Gasteiger partial charge is 0.391 e. The Morgan fingerprint density at radius 1 is 0.291 bits per heavy atom. The molecule has 0 saturated heterocycles. The lowest BCUT2D eigenvalue weighted by Gasteiger charge is -2.18. The third-order valence-electron chi connectivity index (χ3n) is 18.3. The predicted molar refractivity (Wildman–Crippen MR) is 451 cm³/mol. The van der Waals surface area contributed by atoms with E-state index in [0.717, 1.165) is 77.0 Å². The molecule has 2 unspecified atom stereocenters. The fraction of sp³-hybridized carbons (Fsp3) is 0.949. The Balaban J connectivity index is -0.000000443. The van der Waals surface area contributed by atoms with Crippen molar-refractivity contribution >= 4 is 51.1 Å². The summed E-state index contributed by atoms with van der Waals surface area (Å²) in [5.74, 6) is 0. The third kappa shape index (κ3) is 110. The molecular weight excluding hydrogens is 1540 g/mol. The standard InChI is InChI=1S/C21H45O7P.C21H43O7P.C18H40NO5P.C18H38NO5P.HPS/c2*1-2-3-4-5-6-7-8-9-10-11-12-13-14-15-16-17-21(23)27-18-20(22)19-28-29(24,25)26;2*1-2-3-4-5-6-7-8-9-10-11-12-13-14-15-18(20)17(19)16-24-25(21,22)23;1-2/h20-23H,2-19H2,1H3,(H2,24,25,26);9-10,20-23H,2-8,11-19H2,1H3,(H2,24,25,26);17-18,20H,2-16,19H2,1H3,(H2,21,22,23);14-15,17-18,20H,2-13,16,19H2,1H3,(H2,21,22,23);1H/b;10-9-;;15-14-;/t2*20-,21?;2*17-,18+;/m1100./s1. The van der Waals surface area contributed by atoms with E-state index in [1.54, 1.807) is 6.08 Å². The first kappa shape index (κ1) is 119. The van der Waals surface area contributed by atoms with Gasteiger partial charge in [-0.2, -0.15) is 0 Å². The van der Waals surface area contributed by atoms with Crippen molar-refractivity contribution in [2.75, 3.05) is 39.6 Å². The molecule has 0 bridgehead atoms. The first-order valence-corrected chi connectivity index (χ1v) is 50.3. The second-order valence-electron chi connectivity index (χ2n) is 29.3. The third-order valence-corrected chi connectivity index (χ3v) is 20.3. The van der Waals surface area contributed by atoms with Gasteiger partial charge in [0.2, 0.25) is 0 Å². The molecule has 664 valence electrons. The van der Waals surface area contributed by atoms with Crippen molar-refractivity contribution < 1.29 is 116 Å². The fourth-order valence-corrected chi connectivity index (χ4v) is 13.1. The zero-order valence-electron chi connectivity index (χ0n) is 69.0. The van der Waals surface area contributed by atoms with Crippen LogP contribution >= 0.6 is 39.3 Å². The molecule has 0 aliphatic rings. The van der Waals surface area contributed by atoms with Crippen molar-refractivity contribution in [1.82, 2.24) is 0 Å². The average molecular weight is 1700 g/mol. The zero-order chi connectivity index (χ0) is 83.5. The number of unbranched alkanes of at least 4 members (excludes halogenated alkanes) is 48. The van der Waals surface area contributed by atoms with Gasteiger partial charge < -0.3 is 90.7 Å². The van der Waals surface area contributed by atoms with Crippen molar-refractivity contribution in [2.24, 2.45) is 11.5 Å². The molecule has 0 aromatic carbocycles. The molecule has 0 heterocycles. The van der Waals surface area contributed by atoms with Gasteiger partial charge in [-0.1, -0.05) is 353 Å². The van der Waals surface area contributed by atoms with Crippen LogP contribution in [0.25, 0.3) is 0 Å². The van der Waals surface area contributed by atoms with E-state index in [4.69, 9.17) is 60.1 Å². The first-order valence-electron chi connectivity index (χ1n) is 42.6. The highest BCUT2D eigenvalue weighted by Gasteiger charge is 2.23. The number of aliphatic hydroxyl groups excluding tert-OH is 6. The summed E-state index contributed by atoms with van der Waals surface area (Å²) < 4.78 is 69.2. The molecule has 0 rings (SSSR count). The molecule has 0 saturated carbocycles. The largest absolute Gasteiger partial charge is 0.469 e. The molecular formula is C78H167N2O24P5S. The minimum Gasteiger partial charge on any atom is -0.391 e. The summed E-state index contributed by atoms with van der Waals surface area (Å²) in [6.07, 6.45) is 70.1. The van der Waals surface area contributed by atoms with Crippen LogP contribution in [0.15, 0.2) is 24.3 Å². The van der Waals surface area contributed by atoms with E-state index in [1.165, 1.54) is 263 Å². The Kier molecular flexibility index (Phi) is 95.2. The van der Waals surface area contributed by atoms with Crippen molar-refractivity contribution in [3.63, 3.8) is 0 Å². The molecule has 0 amide bonds. The summed E-state index contributed by atoms with van der Waals surface area (Å²) in [5.41, 5.74) is 11.3. The van der Waals surface area contributed by atoms with E-state index in [1.807, 2.05) is 6.08 Å². The summed E-state index contributed by atoms with van der Waals surface area (Å²) in [4.78, 5) is 68.5. The second kappa shape index (κ2) is 88.3. The minimum atomic E-state index is -4.60. The lowest BCUT2D eigenvalue weighted by atomic mass is 10.0. The van der Waals surface area contributed by atoms with Crippen LogP contribution in [0, 0.1) is 0 Å². The highest BCUT2D eigenvalue weighted by atomic mass is 32.4. The maximum Gasteiger partial charge on any atom is 0.469 e. The minimum absolute atomic E-state index is 0.222. The Morgan fingerprint density at radius 3 is 0.755 bits per heavy atom. The molecule has 0 fully saturated rings. The van der Waals surface area contributed by atoms with Crippen LogP contribution in [-0.4, -0.2) is 159 Å². The van der Waals surface area contributed by atoms with Crippen molar-refractivity contribution in [3.8, 4) is 0 Å². The maximum atomic E-state index is 10.6. The number of nitrogens with two attached hydrogens (primary N) is 2. The van der Waals surface area contributed by atoms with Crippen LogP contribution in [0.3, 0.4) is 0 Å². The Labute approximate surface area is 675 Å². The van der Waals surface area contributed by atoms with Crippen molar-refractivity contribution in [2.45, 2.75) is 436 Å². The topological polar surface area (TPSA) is 459 Å². The number of hydrogen-bond acceptors (Lipinski definition) is 19. The van der Waals surface area contributed by atoms with Crippen LogP contribution in [0.2, 0.25) is 0 Å². The maximum absolute atomic E-state index is 10.6. The summed E-state index contributed by atoms with van der Waals surface area (Å²) in [6, 6.07) is -1.61. The van der Waals surface area contributed by atoms with E-state index in [0.29, 0.717) is 19.3 Å². The SMILES string of the molecule is CCCCCCCC/C=C\CCCCCCCC(O)OC[C@@H](O)COP(=O)(O)O.CCCCCCCCCCCCC/C=C\[C@@H](O)[C@@H](N)COP(=O)(O)O.CCCCCCCCCCCCCCCCCC(O)OC[C@@H](O)COP(=O)(O)O.CCCCCCCCCCCCCCC[C@@H](O)[C@@H](N)COP(=O)(O)O.P=S. The van der Waals surface area contributed by atoms with E-state index in [9.17, 15) is 48.9 Å². The Bertz CT molecular complexity index is 2120. The number of phosphoric acid groups is 4. The summed E-state index contributed by atoms with van der Waals surface area (Å²) >= 11 is 3.89. The molecule has 18 N–H and O–H groups in total. The summed E-state index contributed by atoms with van der Waals surface area (Å²) in [6.45, 7) is 6.75. The van der Waals surface area contributed by atoms with Gasteiger partial charge in [0.05, 0.1) is 63.9 Å². The van der Waals surface area contributed by atoms with E-state index in [-0.39, 0.29) is 26.4 Å². The van der Waals surface area contributed by atoms with Gasteiger partial charge in [-0.15, -0.1) is 0 Å². The molecule has 32 heteroatoms. The van der Waals surface area contributed by atoms with E-state index < -0.39 is 93.6 Å². The number of ether oxygens (including phenoxy) is 2. The van der Waals surface area contributed by atoms with Crippen LogP contribution in [0.4, 0.5) is 0 Å². The number of phosphoric ester groups is 4. The molecule has 110 heavy (non-hydrogen) atoms. The zero-order valence-corrected chi connectivity index (χ0v) is 74.4. The van der Waals surface area contributed by atoms with Gasteiger partial charge >= 0.3 is 31.3 Å². The normalized spacial score (nSPS) is 14.3. The lowest BCUT2D eigenvalue weighted by molar-refractivity contribution is -0.129. The highest BCUT2D eigenvalue weighted by molar-refractivity contribution is 7.88. The van der Waals surface area contributed by atoms with Gasteiger partial charge in [0, 0.05) is 0 Å². The molecule has 0 aliphatic heterocycles. The van der Waals surface area contributed by atoms with Crippen molar-refractivity contribution in [1.29, 1.82) is 0 Å². The molecule has 0 spiro atoms. The average Bonchev–Trinajstić information content (AvgIpc) is 0.925. The monoisotopic (exact) mass is 1700 g/mol. The predicted octanol–water partition coefficient (Wildman–Crippen LogP) is 18.8. The molecule has 0 radical (unpaired) electrons. The molecule has 0 aliphatic carbocycles. The lowest BCUT2D eigenvalue weighted by Crippen LogP contribution is -2.38. The Morgan fingerprint density at radius 2 is 0.500 bits per heavy atom. The summed E-state index contributed by atoms with van der Waals surface area (Å²) in [7, 11) is -15.7. The van der Waals surface area contributed by atoms with Crippen LogP contribution in [-0.2, 0) is 57.6 Å². The van der Waals surface area contributed by atoms with Crippen LogP contribution < -0.4 is 11.5 Å².